The third kappa shape index (κ3) is 3.86. The van der Waals surface area contributed by atoms with Crippen LogP contribution in [0.25, 0.3) is 17.1 Å². The van der Waals surface area contributed by atoms with Crippen molar-refractivity contribution in [1.82, 2.24) is 25.2 Å². The van der Waals surface area contributed by atoms with Gasteiger partial charge in [0.1, 0.15) is 0 Å². The minimum Gasteiger partial charge on any atom is -0.264 e. The summed E-state index contributed by atoms with van der Waals surface area (Å²) in [5, 5.41) is 11.1. The quantitative estimate of drug-likeness (QED) is 0.419. The Morgan fingerprint density at radius 3 is 2.46 bits per heavy atom. The number of nitrogens with one attached hydrogen (secondary N) is 1. The van der Waals surface area contributed by atoms with Crippen molar-refractivity contribution in [2.45, 2.75) is 6.92 Å². The summed E-state index contributed by atoms with van der Waals surface area (Å²) >= 11 is 1.52. The minimum atomic E-state index is -0.491. The average Bonchev–Trinajstić information content (AvgIpc) is 3.36. The number of benzene rings is 2. The van der Waals surface area contributed by atoms with Crippen LogP contribution in [0.1, 0.15) is 21.3 Å². The van der Waals surface area contributed by atoms with Gasteiger partial charge in [-0.3, -0.25) is 4.79 Å². The summed E-state index contributed by atoms with van der Waals surface area (Å²) in [5.74, 6) is 0.125. The highest BCUT2D eigenvalue weighted by Crippen LogP contribution is 2.20. The summed E-state index contributed by atoms with van der Waals surface area (Å²) in [6.45, 7) is 1.91. The van der Waals surface area contributed by atoms with E-state index in [2.05, 4.69) is 25.6 Å². The van der Waals surface area contributed by atoms with Crippen LogP contribution in [0, 0.1) is 6.92 Å². The zero-order valence-corrected chi connectivity index (χ0v) is 15.8. The number of aromatic nitrogens is 4. The summed E-state index contributed by atoms with van der Waals surface area (Å²) in [6.07, 6.45) is 1.49. The molecular formula is C20H16N6OS. The maximum absolute atomic E-state index is 12.5. The van der Waals surface area contributed by atoms with E-state index in [0.717, 1.165) is 16.3 Å². The standard InChI is InChI=1S/C20H16N6OS/c1-14-22-16(13-28-14)12-21-24-20(27)18-23-19(15-8-4-2-5-9-15)26(25-18)17-10-6-3-7-11-17/h2-13H,1H3,(H,24,27)/b21-12+. The Kier molecular flexibility index (Phi) is 5.03. The van der Waals surface area contributed by atoms with Crippen molar-refractivity contribution >= 4 is 23.5 Å². The Morgan fingerprint density at radius 1 is 1.07 bits per heavy atom. The van der Waals surface area contributed by atoms with Crippen molar-refractivity contribution < 1.29 is 4.79 Å². The van der Waals surface area contributed by atoms with Gasteiger partial charge in [-0.1, -0.05) is 48.5 Å². The van der Waals surface area contributed by atoms with E-state index in [9.17, 15) is 4.79 Å². The van der Waals surface area contributed by atoms with Gasteiger partial charge in [0.2, 0.25) is 5.82 Å². The number of hydrazone groups is 1. The Balaban J connectivity index is 1.63. The maximum Gasteiger partial charge on any atom is 0.311 e. The topological polar surface area (TPSA) is 85.1 Å². The van der Waals surface area contributed by atoms with Gasteiger partial charge in [-0.25, -0.2) is 20.1 Å². The molecule has 1 amide bonds. The van der Waals surface area contributed by atoms with Crippen LogP contribution in [0.4, 0.5) is 0 Å². The first kappa shape index (κ1) is 17.7. The second-order valence-corrected chi connectivity index (χ2v) is 6.93. The molecule has 0 aliphatic heterocycles. The van der Waals surface area contributed by atoms with Crippen LogP contribution in [-0.2, 0) is 0 Å². The number of hydrogen-bond donors (Lipinski definition) is 1. The molecule has 0 radical (unpaired) electrons. The van der Waals surface area contributed by atoms with Crippen LogP contribution in [0.2, 0.25) is 0 Å². The maximum atomic E-state index is 12.5. The molecule has 0 spiro atoms. The van der Waals surface area contributed by atoms with E-state index >= 15 is 0 Å². The molecule has 138 valence electrons. The van der Waals surface area contributed by atoms with E-state index < -0.39 is 5.91 Å². The molecule has 2 aromatic carbocycles. The van der Waals surface area contributed by atoms with Crippen molar-refractivity contribution in [3.63, 3.8) is 0 Å². The summed E-state index contributed by atoms with van der Waals surface area (Å²) in [6, 6.07) is 19.2. The highest BCUT2D eigenvalue weighted by Gasteiger charge is 2.18. The third-order valence-electron chi connectivity index (χ3n) is 3.84. The van der Waals surface area contributed by atoms with Gasteiger partial charge in [-0.2, -0.15) is 5.10 Å². The lowest BCUT2D eigenvalue weighted by atomic mass is 10.2. The molecule has 1 N–H and O–H groups in total. The number of rotatable bonds is 5. The Bertz CT molecular complexity index is 1060. The predicted molar refractivity (Wildman–Crippen MR) is 109 cm³/mol. The molecule has 0 aliphatic rings. The molecule has 0 aliphatic carbocycles. The lowest BCUT2D eigenvalue weighted by molar-refractivity contribution is 0.0945. The molecule has 2 heterocycles. The lowest BCUT2D eigenvalue weighted by Gasteiger charge is -2.05. The van der Waals surface area contributed by atoms with Gasteiger partial charge in [-0.05, 0) is 19.1 Å². The molecule has 4 rings (SSSR count). The van der Waals surface area contributed by atoms with E-state index in [1.807, 2.05) is 73.0 Å². The SMILES string of the molecule is Cc1nc(/C=N/NC(=O)c2nc(-c3ccccc3)n(-c3ccccc3)n2)cs1. The summed E-state index contributed by atoms with van der Waals surface area (Å²) < 4.78 is 1.65. The first-order valence-electron chi connectivity index (χ1n) is 8.54. The van der Waals surface area contributed by atoms with Gasteiger partial charge in [-0.15, -0.1) is 16.4 Å². The number of carbonyl (C=O) groups excluding carboxylic acids is 1. The summed E-state index contributed by atoms with van der Waals surface area (Å²) in [5.41, 5.74) is 4.82. The molecule has 0 bridgehead atoms. The molecule has 0 fully saturated rings. The summed E-state index contributed by atoms with van der Waals surface area (Å²) in [7, 11) is 0. The van der Waals surface area contributed by atoms with E-state index in [1.54, 1.807) is 4.68 Å². The number of amides is 1. The number of nitrogens with zero attached hydrogens (tertiary/aromatic N) is 5. The first-order valence-corrected chi connectivity index (χ1v) is 9.42. The molecule has 2 aromatic heterocycles. The monoisotopic (exact) mass is 388 g/mol. The van der Waals surface area contributed by atoms with Crippen molar-refractivity contribution in [2.24, 2.45) is 5.10 Å². The summed E-state index contributed by atoms with van der Waals surface area (Å²) in [4.78, 5) is 21.2. The molecule has 8 heteroatoms. The van der Waals surface area contributed by atoms with E-state index in [0.29, 0.717) is 11.5 Å². The molecule has 0 unspecified atom stereocenters. The molecule has 0 saturated heterocycles. The zero-order chi connectivity index (χ0) is 19.3. The van der Waals surface area contributed by atoms with Crippen molar-refractivity contribution in [1.29, 1.82) is 0 Å². The van der Waals surface area contributed by atoms with Gasteiger partial charge >= 0.3 is 5.91 Å². The molecule has 0 saturated carbocycles. The highest BCUT2D eigenvalue weighted by molar-refractivity contribution is 7.09. The smallest absolute Gasteiger partial charge is 0.264 e. The average molecular weight is 388 g/mol. The van der Waals surface area contributed by atoms with Crippen molar-refractivity contribution in [3.05, 3.63) is 82.6 Å². The molecule has 7 nitrogen and oxygen atoms in total. The fourth-order valence-corrected chi connectivity index (χ4v) is 3.14. The fourth-order valence-electron chi connectivity index (χ4n) is 2.58. The Labute approximate surface area is 165 Å². The van der Waals surface area contributed by atoms with E-state index in [4.69, 9.17) is 0 Å². The molecular weight excluding hydrogens is 372 g/mol. The minimum absolute atomic E-state index is 0.0364. The highest BCUT2D eigenvalue weighted by atomic mass is 32.1. The normalized spacial score (nSPS) is 11.0. The van der Waals surface area contributed by atoms with E-state index in [-0.39, 0.29) is 5.82 Å². The van der Waals surface area contributed by atoms with E-state index in [1.165, 1.54) is 17.6 Å². The number of thiazole rings is 1. The molecule has 28 heavy (non-hydrogen) atoms. The van der Waals surface area contributed by atoms with Gasteiger partial charge in [0.05, 0.1) is 22.6 Å². The zero-order valence-electron chi connectivity index (χ0n) is 15.0. The number of hydrogen-bond acceptors (Lipinski definition) is 6. The van der Waals surface area contributed by atoms with Crippen LogP contribution in [0.15, 0.2) is 71.1 Å². The molecule has 0 atom stereocenters. The van der Waals surface area contributed by atoms with Crippen LogP contribution < -0.4 is 5.43 Å². The van der Waals surface area contributed by atoms with Crippen molar-refractivity contribution in [3.8, 4) is 17.1 Å². The van der Waals surface area contributed by atoms with Gasteiger partial charge in [0.25, 0.3) is 0 Å². The van der Waals surface area contributed by atoms with Crippen LogP contribution in [0.3, 0.4) is 0 Å². The van der Waals surface area contributed by atoms with Crippen molar-refractivity contribution in [2.75, 3.05) is 0 Å². The van der Waals surface area contributed by atoms with Crippen LogP contribution >= 0.6 is 11.3 Å². The van der Waals surface area contributed by atoms with Gasteiger partial charge in [0.15, 0.2) is 5.82 Å². The van der Waals surface area contributed by atoms with Gasteiger partial charge < -0.3 is 0 Å². The number of para-hydroxylation sites is 1. The largest absolute Gasteiger partial charge is 0.311 e. The second-order valence-electron chi connectivity index (χ2n) is 5.86. The Hall–Kier alpha value is -3.65. The van der Waals surface area contributed by atoms with Gasteiger partial charge in [0, 0.05) is 10.9 Å². The van der Waals surface area contributed by atoms with Crippen LogP contribution in [-0.4, -0.2) is 31.9 Å². The van der Waals surface area contributed by atoms with Crippen LogP contribution in [0.5, 0.6) is 0 Å². The number of carbonyl (C=O) groups is 1. The predicted octanol–water partition coefficient (Wildman–Crippen LogP) is 3.46. The Morgan fingerprint density at radius 2 is 1.79 bits per heavy atom. The number of aryl methyl sites for hydroxylation is 1. The lowest BCUT2D eigenvalue weighted by Crippen LogP contribution is -2.19. The fraction of sp³-hybridized carbons (Fsp3) is 0.0500. The first-order chi connectivity index (χ1) is 13.7. The third-order valence-corrected chi connectivity index (χ3v) is 4.63. The molecule has 4 aromatic rings. The second kappa shape index (κ2) is 7.93.